The van der Waals surface area contributed by atoms with Gasteiger partial charge in [0.05, 0.1) is 12.3 Å². The molecule has 1 fully saturated rings. The van der Waals surface area contributed by atoms with Crippen molar-refractivity contribution in [3.05, 3.63) is 60.2 Å². The molecule has 1 N–H and O–H groups in total. The third kappa shape index (κ3) is 5.10. The lowest BCUT2D eigenvalue weighted by Crippen LogP contribution is -2.42. The highest BCUT2D eigenvalue weighted by atomic mass is 16.5. The van der Waals surface area contributed by atoms with Crippen molar-refractivity contribution in [2.75, 3.05) is 38.7 Å². The van der Waals surface area contributed by atoms with Crippen LogP contribution < -0.4 is 10.1 Å². The molecule has 1 aliphatic rings. The van der Waals surface area contributed by atoms with Crippen molar-refractivity contribution >= 4 is 17.5 Å². The van der Waals surface area contributed by atoms with Gasteiger partial charge in [0.15, 0.2) is 5.78 Å². The zero-order chi connectivity index (χ0) is 19.8. The van der Waals surface area contributed by atoms with E-state index >= 15 is 0 Å². The molecule has 0 unspecified atom stereocenters. The number of carbonyl (C=O) groups excluding carboxylic acids is 2. The molecule has 0 aliphatic carbocycles. The monoisotopic (exact) mass is 382 g/mol. The summed E-state index contributed by atoms with van der Waals surface area (Å²) < 4.78 is 10.7. The van der Waals surface area contributed by atoms with E-state index < -0.39 is 0 Å². The molecule has 0 radical (unpaired) electrons. The summed E-state index contributed by atoms with van der Waals surface area (Å²) in [6.07, 6.45) is 1.35. The van der Waals surface area contributed by atoms with Crippen molar-refractivity contribution in [1.29, 1.82) is 0 Å². The number of likely N-dealkylation sites (tertiary alicyclic amines) is 1. The number of carbonyl (C=O) groups is 2. The van der Waals surface area contributed by atoms with Gasteiger partial charge in [-0.25, -0.2) is 4.79 Å². The van der Waals surface area contributed by atoms with E-state index in [1.54, 1.807) is 12.0 Å². The fourth-order valence-corrected chi connectivity index (χ4v) is 3.31. The minimum absolute atomic E-state index is 0.0314. The first-order chi connectivity index (χ1) is 13.7. The number of hydrogen-bond donors (Lipinski definition) is 1. The van der Waals surface area contributed by atoms with E-state index in [1.165, 1.54) is 0 Å². The Morgan fingerprint density at radius 3 is 2.39 bits per heavy atom. The van der Waals surface area contributed by atoms with E-state index in [0.717, 1.165) is 5.56 Å². The largest absolute Gasteiger partial charge is 0.489 e. The maximum Gasteiger partial charge on any atom is 0.321 e. The highest BCUT2D eigenvalue weighted by Crippen LogP contribution is 2.26. The number of benzene rings is 2. The van der Waals surface area contributed by atoms with Crippen LogP contribution in [-0.2, 0) is 4.74 Å². The average Bonchev–Trinajstić information content (AvgIpc) is 2.75. The van der Waals surface area contributed by atoms with E-state index in [9.17, 15) is 9.59 Å². The Morgan fingerprint density at radius 2 is 1.68 bits per heavy atom. The summed E-state index contributed by atoms with van der Waals surface area (Å²) >= 11 is 0. The number of urea groups is 1. The van der Waals surface area contributed by atoms with Gasteiger partial charge in [-0.1, -0.05) is 42.5 Å². The normalized spacial score (nSPS) is 14.5. The van der Waals surface area contributed by atoms with Gasteiger partial charge in [-0.2, -0.15) is 0 Å². The molecule has 0 aromatic heterocycles. The van der Waals surface area contributed by atoms with Crippen LogP contribution in [0.25, 0.3) is 0 Å². The van der Waals surface area contributed by atoms with Crippen LogP contribution in [0.2, 0.25) is 0 Å². The number of nitrogens with one attached hydrogen (secondary N) is 1. The number of Topliss-reactive ketones (excluding diaryl/α,β-unsaturated/α-hetero) is 1. The van der Waals surface area contributed by atoms with Crippen molar-refractivity contribution < 1.29 is 19.1 Å². The summed E-state index contributed by atoms with van der Waals surface area (Å²) in [5.41, 5.74) is 1.37. The van der Waals surface area contributed by atoms with Gasteiger partial charge in [0, 0.05) is 31.7 Å². The van der Waals surface area contributed by atoms with E-state index in [2.05, 4.69) is 5.32 Å². The molecule has 2 aromatic rings. The Morgan fingerprint density at radius 1 is 1.00 bits per heavy atom. The van der Waals surface area contributed by atoms with Gasteiger partial charge in [-0.15, -0.1) is 0 Å². The zero-order valence-corrected chi connectivity index (χ0v) is 16.1. The third-order valence-corrected chi connectivity index (χ3v) is 4.88. The number of ketones is 1. The lowest BCUT2D eigenvalue weighted by atomic mass is 9.89. The molecule has 28 heavy (non-hydrogen) atoms. The second-order valence-corrected chi connectivity index (χ2v) is 6.76. The Balaban J connectivity index is 1.54. The quantitative estimate of drug-likeness (QED) is 0.584. The molecule has 6 nitrogen and oxygen atoms in total. The lowest BCUT2D eigenvalue weighted by molar-refractivity contribution is 0.0859. The summed E-state index contributed by atoms with van der Waals surface area (Å²) in [4.78, 5) is 27.0. The highest BCUT2D eigenvalue weighted by molar-refractivity contribution is 5.98. The molecule has 0 saturated carbocycles. The van der Waals surface area contributed by atoms with E-state index in [4.69, 9.17) is 9.47 Å². The van der Waals surface area contributed by atoms with Crippen molar-refractivity contribution in [3.8, 4) is 5.75 Å². The number of ether oxygens (including phenoxy) is 2. The lowest BCUT2D eigenvalue weighted by Gasteiger charge is -2.31. The SMILES string of the molecule is COCCOc1ccccc1NC(=O)N1CCC(C(=O)c2ccccc2)CC1. The Kier molecular flexibility index (Phi) is 7.03. The van der Waals surface area contributed by atoms with E-state index in [-0.39, 0.29) is 17.7 Å². The molecule has 1 aliphatic heterocycles. The topological polar surface area (TPSA) is 67.9 Å². The van der Waals surface area contributed by atoms with Crippen LogP contribution in [0.1, 0.15) is 23.2 Å². The Bertz CT molecular complexity index is 786. The molecule has 3 rings (SSSR count). The van der Waals surface area contributed by atoms with Crippen LogP contribution in [0.5, 0.6) is 5.75 Å². The molecule has 0 atom stereocenters. The van der Waals surface area contributed by atoms with Crippen LogP contribution in [-0.4, -0.2) is 50.1 Å². The van der Waals surface area contributed by atoms with Crippen molar-refractivity contribution in [3.63, 3.8) is 0 Å². The molecular formula is C22H26N2O4. The molecular weight excluding hydrogens is 356 g/mol. The van der Waals surface area contributed by atoms with Gasteiger partial charge in [0.25, 0.3) is 0 Å². The summed E-state index contributed by atoms with van der Waals surface area (Å²) in [6, 6.07) is 16.5. The maximum atomic E-state index is 12.6. The number of nitrogens with zero attached hydrogens (tertiary/aromatic N) is 1. The number of hydrogen-bond acceptors (Lipinski definition) is 4. The molecule has 148 valence electrons. The zero-order valence-electron chi connectivity index (χ0n) is 16.1. The van der Waals surface area contributed by atoms with Gasteiger partial charge in [-0.3, -0.25) is 4.79 Å². The predicted molar refractivity (Wildman–Crippen MR) is 108 cm³/mol. The Hall–Kier alpha value is -2.86. The van der Waals surface area contributed by atoms with Crippen LogP contribution >= 0.6 is 0 Å². The molecule has 1 saturated heterocycles. The van der Waals surface area contributed by atoms with Crippen LogP contribution in [0.4, 0.5) is 10.5 Å². The van der Waals surface area contributed by atoms with Gasteiger partial charge in [0.2, 0.25) is 0 Å². The number of anilines is 1. The first kappa shape index (κ1) is 19.9. The van der Waals surface area contributed by atoms with Crippen molar-refractivity contribution in [2.45, 2.75) is 12.8 Å². The van der Waals surface area contributed by atoms with Gasteiger partial charge < -0.3 is 19.7 Å². The molecule has 2 amide bonds. The van der Waals surface area contributed by atoms with Gasteiger partial charge in [0.1, 0.15) is 12.4 Å². The molecule has 2 aromatic carbocycles. The third-order valence-electron chi connectivity index (χ3n) is 4.88. The summed E-state index contributed by atoms with van der Waals surface area (Å²) in [6.45, 7) is 2.01. The Labute approximate surface area is 165 Å². The summed E-state index contributed by atoms with van der Waals surface area (Å²) in [7, 11) is 1.61. The van der Waals surface area contributed by atoms with Gasteiger partial charge in [-0.05, 0) is 25.0 Å². The van der Waals surface area contributed by atoms with Crippen LogP contribution in [0.15, 0.2) is 54.6 Å². The number of methoxy groups -OCH3 is 1. The average molecular weight is 382 g/mol. The highest BCUT2D eigenvalue weighted by Gasteiger charge is 2.28. The first-order valence-electron chi connectivity index (χ1n) is 9.55. The summed E-state index contributed by atoms with van der Waals surface area (Å²) in [5, 5.41) is 2.92. The second kappa shape index (κ2) is 9.90. The van der Waals surface area contributed by atoms with Crippen LogP contribution in [0.3, 0.4) is 0 Å². The molecule has 6 heteroatoms. The fourth-order valence-electron chi connectivity index (χ4n) is 3.31. The minimum atomic E-state index is -0.173. The van der Waals surface area contributed by atoms with Crippen molar-refractivity contribution in [1.82, 2.24) is 4.90 Å². The smallest absolute Gasteiger partial charge is 0.321 e. The standard InChI is InChI=1S/C22H26N2O4/c1-27-15-16-28-20-10-6-5-9-19(20)23-22(26)24-13-11-18(12-14-24)21(25)17-7-3-2-4-8-17/h2-10,18H,11-16H2,1H3,(H,23,26). The van der Waals surface area contributed by atoms with E-state index in [0.29, 0.717) is 50.6 Å². The second-order valence-electron chi connectivity index (χ2n) is 6.76. The van der Waals surface area contributed by atoms with E-state index in [1.807, 2.05) is 54.6 Å². The number of para-hydroxylation sites is 2. The first-order valence-corrected chi connectivity index (χ1v) is 9.55. The number of piperidine rings is 1. The number of rotatable bonds is 7. The van der Waals surface area contributed by atoms with Crippen LogP contribution in [0, 0.1) is 5.92 Å². The summed E-state index contributed by atoms with van der Waals surface area (Å²) in [5.74, 6) is 0.746. The van der Waals surface area contributed by atoms with Crippen molar-refractivity contribution in [2.24, 2.45) is 5.92 Å². The maximum absolute atomic E-state index is 12.6. The van der Waals surface area contributed by atoms with Gasteiger partial charge >= 0.3 is 6.03 Å². The molecule has 0 bridgehead atoms. The minimum Gasteiger partial charge on any atom is -0.489 e. The number of amides is 2. The fraction of sp³-hybridized carbons (Fsp3) is 0.364. The molecule has 0 spiro atoms. The molecule has 1 heterocycles. The predicted octanol–water partition coefficient (Wildman–Crippen LogP) is 3.84.